The van der Waals surface area contributed by atoms with Crippen LogP contribution < -0.4 is 5.32 Å². The van der Waals surface area contributed by atoms with E-state index in [1.165, 1.54) is 64.7 Å². The van der Waals surface area contributed by atoms with Gasteiger partial charge < -0.3 is 19.9 Å². The lowest BCUT2D eigenvalue weighted by Crippen LogP contribution is -2.71. The summed E-state index contributed by atoms with van der Waals surface area (Å²) in [6.45, 7) is 5.95. The number of rotatable bonds is 5. The Balaban J connectivity index is 1.21. The molecular weight excluding hydrogens is 274 g/mol. The molecule has 1 N–H and O–H groups in total. The van der Waals surface area contributed by atoms with Gasteiger partial charge in [-0.2, -0.15) is 0 Å². The molecule has 4 rings (SSSR count). The molecule has 0 radical (unpaired) electrons. The second-order valence-corrected chi connectivity index (χ2v) is 8.30. The van der Waals surface area contributed by atoms with Crippen molar-refractivity contribution in [3.8, 4) is 0 Å². The van der Waals surface area contributed by atoms with Crippen LogP contribution in [-0.4, -0.2) is 74.9 Å². The average molecular weight is 307 g/mol. The first kappa shape index (κ1) is 15.4. The van der Waals surface area contributed by atoms with E-state index < -0.39 is 0 Å². The summed E-state index contributed by atoms with van der Waals surface area (Å²) in [7, 11) is 4.44. The molecule has 2 saturated heterocycles. The molecule has 0 aromatic rings. The Morgan fingerprint density at radius 1 is 1.18 bits per heavy atom. The fourth-order valence-electron chi connectivity index (χ4n) is 5.60. The van der Waals surface area contributed by atoms with Crippen molar-refractivity contribution in [1.82, 2.24) is 15.1 Å². The van der Waals surface area contributed by atoms with Gasteiger partial charge in [0.05, 0.1) is 6.10 Å². The smallest absolute Gasteiger partial charge is 0.0690 e. The van der Waals surface area contributed by atoms with Gasteiger partial charge in [0, 0.05) is 43.1 Å². The van der Waals surface area contributed by atoms with E-state index in [4.69, 9.17) is 4.74 Å². The average Bonchev–Trinajstić information content (AvgIpc) is 2.87. The highest BCUT2D eigenvalue weighted by atomic mass is 16.5. The Morgan fingerprint density at radius 3 is 2.59 bits per heavy atom. The maximum absolute atomic E-state index is 6.02. The molecular formula is C18H33N3O. The Morgan fingerprint density at radius 2 is 1.95 bits per heavy atom. The highest BCUT2D eigenvalue weighted by Gasteiger charge is 2.66. The lowest BCUT2D eigenvalue weighted by molar-refractivity contribution is -0.176. The molecule has 0 amide bonds. The molecule has 2 aliphatic heterocycles. The van der Waals surface area contributed by atoms with Crippen molar-refractivity contribution >= 4 is 0 Å². The van der Waals surface area contributed by atoms with Gasteiger partial charge >= 0.3 is 0 Å². The van der Waals surface area contributed by atoms with E-state index >= 15 is 0 Å². The van der Waals surface area contributed by atoms with Gasteiger partial charge in [0.15, 0.2) is 0 Å². The van der Waals surface area contributed by atoms with Crippen LogP contribution in [-0.2, 0) is 4.74 Å². The Labute approximate surface area is 135 Å². The lowest BCUT2D eigenvalue weighted by atomic mass is 9.46. The van der Waals surface area contributed by atoms with E-state index in [1.54, 1.807) is 0 Å². The van der Waals surface area contributed by atoms with Crippen LogP contribution in [0.25, 0.3) is 0 Å². The first-order chi connectivity index (χ1) is 10.7. The van der Waals surface area contributed by atoms with Gasteiger partial charge in [0.2, 0.25) is 0 Å². The zero-order valence-corrected chi connectivity index (χ0v) is 14.4. The van der Waals surface area contributed by atoms with Crippen molar-refractivity contribution in [2.75, 3.05) is 46.9 Å². The van der Waals surface area contributed by atoms with Gasteiger partial charge in [-0.15, -0.1) is 0 Å². The van der Waals surface area contributed by atoms with Crippen LogP contribution in [0.15, 0.2) is 0 Å². The third kappa shape index (κ3) is 2.43. The van der Waals surface area contributed by atoms with Gasteiger partial charge in [-0.1, -0.05) is 6.42 Å². The standard InChI is InChI=1S/C18H33N3O/c1-20(2)14-4-10-21(11-5-14)12-9-19-16-15-6-13-22-17(15)18(16)7-3-8-18/h14-17,19H,3-13H2,1-2H3/t15-,16?,17-/m1/s1. The summed E-state index contributed by atoms with van der Waals surface area (Å²) in [5.74, 6) is 0.819. The minimum absolute atomic E-state index is 0.541. The summed E-state index contributed by atoms with van der Waals surface area (Å²) in [6, 6.07) is 1.55. The summed E-state index contributed by atoms with van der Waals surface area (Å²) in [5.41, 5.74) is 0.541. The number of hydrogen-bond donors (Lipinski definition) is 1. The number of likely N-dealkylation sites (tertiary alicyclic amines) is 1. The van der Waals surface area contributed by atoms with Crippen molar-refractivity contribution in [2.45, 2.75) is 56.7 Å². The number of nitrogens with one attached hydrogen (secondary N) is 1. The van der Waals surface area contributed by atoms with Crippen LogP contribution in [0.3, 0.4) is 0 Å². The molecule has 22 heavy (non-hydrogen) atoms. The molecule has 0 aromatic heterocycles. The molecule has 1 unspecified atom stereocenters. The molecule has 4 heteroatoms. The van der Waals surface area contributed by atoms with Gasteiger partial charge in [-0.05, 0) is 59.3 Å². The number of hydrogen-bond acceptors (Lipinski definition) is 4. The van der Waals surface area contributed by atoms with Crippen LogP contribution in [0.1, 0.15) is 38.5 Å². The molecule has 2 saturated carbocycles. The van der Waals surface area contributed by atoms with Gasteiger partial charge in [-0.3, -0.25) is 0 Å². The predicted molar refractivity (Wildman–Crippen MR) is 89.1 cm³/mol. The molecule has 126 valence electrons. The summed E-state index contributed by atoms with van der Waals surface area (Å²) >= 11 is 0. The topological polar surface area (TPSA) is 27.7 Å². The van der Waals surface area contributed by atoms with E-state index in [-0.39, 0.29) is 0 Å². The van der Waals surface area contributed by atoms with Gasteiger partial charge in [-0.25, -0.2) is 0 Å². The molecule has 4 aliphatic rings. The fourth-order valence-corrected chi connectivity index (χ4v) is 5.60. The zero-order valence-electron chi connectivity index (χ0n) is 14.4. The van der Waals surface area contributed by atoms with Gasteiger partial charge in [0.25, 0.3) is 0 Å². The van der Waals surface area contributed by atoms with Crippen molar-refractivity contribution in [1.29, 1.82) is 0 Å². The summed E-state index contributed by atoms with van der Waals surface area (Å²) in [5, 5.41) is 3.93. The maximum Gasteiger partial charge on any atom is 0.0690 e. The number of nitrogens with zero attached hydrogens (tertiary/aromatic N) is 2. The zero-order chi connectivity index (χ0) is 15.2. The van der Waals surface area contributed by atoms with E-state index in [0.717, 1.165) is 24.6 Å². The van der Waals surface area contributed by atoms with E-state index in [2.05, 4.69) is 29.2 Å². The first-order valence-electron chi connectivity index (χ1n) is 9.44. The predicted octanol–water partition coefficient (Wildman–Crippen LogP) is 1.56. The number of piperidine rings is 1. The summed E-state index contributed by atoms with van der Waals surface area (Å²) in [6.07, 6.45) is 8.79. The third-order valence-corrected chi connectivity index (χ3v) is 7.12. The maximum atomic E-state index is 6.02. The number of fused-ring (bicyclic) bond motifs is 2. The van der Waals surface area contributed by atoms with Crippen LogP contribution >= 0.6 is 0 Å². The third-order valence-electron chi connectivity index (χ3n) is 7.12. The van der Waals surface area contributed by atoms with Crippen LogP contribution in [0.5, 0.6) is 0 Å². The highest BCUT2D eigenvalue weighted by molar-refractivity contribution is 5.18. The van der Waals surface area contributed by atoms with Gasteiger partial charge in [0.1, 0.15) is 0 Å². The lowest BCUT2D eigenvalue weighted by Gasteiger charge is -2.63. The second-order valence-electron chi connectivity index (χ2n) is 8.30. The van der Waals surface area contributed by atoms with E-state index in [9.17, 15) is 0 Å². The Kier molecular flexibility index (Phi) is 4.22. The van der Waals surface area contributed by atoms with Crippen molar-refractivity contribution < 1.29 is 4.74 Å². The fraction of sp³-hybridized carbons (Fsp3) is 1.00. The summed E-state index contributed by atoms with van der Waals surface area (Å²) in [4.78, 5) is 5.05. The minimum atomic E-state index is 0.541. The van der Waals surface area contributed by atoms with Crippen LogP contribution in [0.2, 0.25) is 0 Å². The van der Waals surface area contributed by atoms with Crippen LogP contribution in [0, 0.1) is 11.3 Å². The SMILES string of the molecule is CN(C)C1CCN(CCNC2[C@H]3CCO[C@H]3C23CCC3)CC1. The monoisotopic (exact) mass is 307 g/mol. The van der Waals surface area contributed by atoms with E-state index in [0.29, 0.717) is 11.5 Å². The quantitative estimate of drug-likeness (QED) is 0.834. The molecule has 0 aromatic carbocycles. The molecule has 4 nitrogen and oxygen atoms in total. The van der Waals surface area contributed by atoms with Crippen molar-refractivity contribution in [3.63, 3.8) is 0 Å². The Bertz CT molecular complexity index is 388. The van der Waals surface area contributed by atoms with E-state index in [1.807, 2.05) is 0 Å². The number of ether oxygens (including phenoxy) is 1. The molecule has 1 spiro atoms. The van der Waals surface area contributed by atoms with Crippen LogP contribution in [0.4, 0.5) is 0 Å². The normalized spacial score (nSPS) is 38.0. The molecule has 3 atom stereocenters. The molecule has 2 heterocycles. The Hall–Kier alpha value is -0.160. The largest absolute Gasteiger partial charge is 0.377 e. The van der Waals surface area contributed by atoms with Crippen molar-refractivity contribution in [3.05, 3.63) is 0 Å². The molecule has 2 aliphatic carbocycles. The minimum Gasteiger partial charge on any atom is -0.377 e. The molecule has 4 fully saturated rings. The highest BCUT2D eigenvalue weighted by Crippen LogP contribution is 2.62. The summed E-state index contributed by atoms with van der Waals surface area (Å²) < 4.78 is 6.02. The first-order valence-corrected chi connectivity index (χ1v) is 9.44. The second kappa shape index (κ2) is 6.04. The van der Waals surface area contributed by atoms with Crippen molar-refractivity contribution in [2.24, 2.45) is 11.3 Å². The molecule has 0 bridgehead atoms.